The third-order valence-corrected chi connectivity index (χ3v) is 9.33. The minimum absolute atomic E-state index is 0.0151. The highest BCUT2D eigenvalue weighted by Gasteiger charge is 2.21. The molecule has 0 bridgehead atoms. The Balaban J connectivity index is 1.82. The highest BCUT2D eigenvalue weighted by molar-refractivity contribution is 7.64. The zero-order valence-electron chi connectivity index (χ0n) is 22.9. The summed E-state index contributed by atoms with van der Waals surface area (Å²) in [6.45, 7) is 6.66. The first-order valence-electron chi connectivity index (χ1n) is 13.0. The molecule has 0 unspecified atom stereocenters. The predicted octanol–water partition coefficient (Wildman–Crippen LogP) is 5.69. The van der Waals surface area contributed by atoms with Crippen LogP contribution in [-0.4, -0.2) is 67.7 Å². The first-order valence-corrected chi connectivity index (χ1v) is 15.3. The van der Waals surface area contributed by atoms with Crippen LogP contribution >= 0.6 is 7.14 Å². The second kappa shape index (κ2) is 14.8. The van der Waals surface area contributed by atoms with Crippen LogP contribution in [-0.2, 0) is 14.1 Å². The van der Waals surface area contributed by atoms with Gasteiger partial charge in [0.2, 0.25) is 0 Å². The van der Waals surface area contributed by atoms with E-state index in [1.165, 1.54) is 6.07 Å². The van der Waals surface area contributed by atoms with Gasteiger partial charge in [-0.1, -0.05) is 54.6 Å². The number of hydrogen-bond acceptors (Lipinski definition) is 7. The van der Waals surface area contributed by atoms with E-state index in [1.807, 2.05) is 37.3 Å². The Morgan fingerprint density at radius 2 is 1.45 bits per heavy atom. The number of carbonyl (C=O) groups excluding carboxylic acids is 1. The topological polar surface area (TPSA) is 102 Å². The van der Waals surface area contributed by atoms with Crippen LogP contribution in [0.4, 0.5) is 4.39 Å². The Labute approximate surface area is 234 Å². The van der Waals surface area contributed by atoms with Crippen molar-refractivity contribution in [1.29, 1.82) is 0 Å². The Morgan fingerprint density at radius 3 is 2.08 bits per heavy atom. The summed E-state index contributed by atoms with van der Waals surface area (Å²) in [6, 6.07) is 17.9. The smallest absolute Gasteiger partial charge is 0.333 e. The number of aryl methyl sites for hydroxylation is 1. The molecule has 0 atom stereocenters. The van der Waals surface area contributed by atoms with Gasteiger partial charge in [-0.2, -0.15) is 0 Å². The average molecular weight is 571 g/mol. The van der Waals surface area contributed by atoms with Gasteiger partial charge in [-0.05, 0) is 48.7 Å². The Kier molecular flexibility index (Phi) is 11.5. The standard InChI is InChI=1S/C31H36FO7P/c1-22(2)31(35)39-15-14-37-30-21-26(9-11-29(30)38-16-19-40(36,17-12-33)18-13-34)27-10-8-25(20-28(27)32)24-6-4-23(3)5-7-24/h4-11,20-21,33-34H,1,12-19H2,2-3H3. The van der Waals surface area contributed by atoms with E-state index in [9.17, 15) is 19.6 Å². The van der Waals surface area contributed by atoms with Crippen molar-refractivity contribution in [3.8, 4) is 33.8 Å². The van der Waals surface area contributed by atoms with Gasteiger partial charge in [0.15, 0.2) is 11.5 Å². The van der Waals surface area contributed by atoms with Crippen LogP contribution < -0.4 is 9.47 Å². The molecule has 3 aromatic rings. The molecule has 3 rings (SSSR count). The first kappa shape index (κ1) is 31.1. The molecule has 0 aromatic heterocycles. The largest absolute Gasteiger partial charge is 0.489 e. The van der Waals surface area contributed by atoms with Gasteiger partial charge in [-0.15, -0.1) is 0 Å². The average Bonchev–Trinajstić information content (AvgIpc) is 2.92. The molecule has 9 heteroatoms. The second-order valence-electron chi connectivity index (χ2n) is 9.51. The monoisotopic (exact) mass is 570 g/mol. The summed E-state index contributed by atoms with van der Waals surface area (Å²) in [5.74, 6) is -0.300. The number of ether oxygens (including phenoxy) is 3. The summed E-state index contributed by atoms with van der Waals surface area (Å²) in [4.78, 5) is 11.7. The van der Waals surface area contributed by atoms with Crippen molar-refractivity contribution >= 4 is 13.1 Å². The lowest BCUT2D eigenvalue weighted by Crippen LogP contribution is -2.14. The molecule has 0 aliphatic carbocycles. The normalized spacial score (nSPS) is 11.2. The van der Waals surface area contributed by atoms with E-state index < -0.39 is 18.9 Å². The second-order valence-corrected chi connectivity index (χ2v) is 13.0. The summed E-state index contributed by atoms with van der Waals surface area (Å²) in [5, 5.41) is 18.5. The van der Waals surface area contributed by atoms with E-state index in [2.05, 4.69) is 6.58 Å². The predicted molar refractivity (Wildman–Crippen MR) is 155 cm³/mol. The van der Waals surface area contributed by atoms with Crippen molar-refractivity contribution < 1.29 is 38.2 Å². The van der Waals surface area contributed by atoms with E-state index in [0.29, 0.717) is 22.6 Å². The number of aliphatic hydroxyl groups excluding tert-OH is 2. The SMILES string of the molecule is C=C(C)C(=O)OCCOc1cc(-c2ccc(-c3ccc(C)cc3)cc2F)ccc1OCCP(=O)(CCO)CCO. The summed E-state index contributed by atoms with van der Waals surface area (Å²) < 4.78 is 45.0. The van der Waals surface area contributed by atoms with Crippen LogP contribution in [0.25, 0.3) is 22.3 Å². The summed E-state index contributed by atoms with van der Waals surface area (Å²) in [6.07, 6.45) is 0.372. The van der Waals surface area contributed by atoms with Gasteiger partial charge in [0, 0.05) is 42.8 Å². The number of hydrogen-bond donors (Lipinski definition) is 2. The maximum Gasteiger partial charge on any atom is 0.333 e. The van der Waals surface area contributed by atoms with E-state index in [1.54, 1.807) is 31.2 Å². The molecule has 3 aromatic carbocycles. The van der Waals surface area contributed by atoms with Crippen molar-refractivity contribution in [2.45, 2.75) is 13.8 Å². The maximum atomic E-state index is 15.3. The van der Waals surface area contributed by atoms with Crippen LogP contribution in [0, 0.1) is 12.7 Å². The minimum Gasteiger partial charge on any atom is -0.489 e. The molecule has 0 radical (unpaired) electrons. The van der Waals surface area contributed by atoms with E-state index >= 15 is 4.39 Å². The summed E-state index contributed by atoms with van der Waals surface area (Å²) >= 11 is 0. The molecule has 2 N–H and O–H groups in total. The molecule has 0 spiro atoms. The lowest BCUT2D eigenvalue weighted by atomic mass is 9.99. The molecule has 7 nitrogen and oxygen atoms in total. The molecule has 0 aliphatic heterocycles. The maximum absolute atomic E-state index is 15.3. The van der Waals surface area contributed by atoms with Crippen LogP contribution in [0.15, 0.2) is 72.8 Å². The Hall–Kier alpha value is -3.45. The number of carbonyl (C=O) groups is 1. The molecule has 0 heterocycles. The van der Waals surface area contributed by atoms with Gasteiger partial charge in [0.1, 0.15) is 19.0 Å². The number of benzene rings is 3. The molecule has 214 valence electrons. The fourth-order valence-electron chi connectivity index (χ4n) is 4.01. The van der Waals surface area contributed by atoms with Crippen LogP contribution in [0.1, 0.15) is 12.5 Å². The van der Waals surface area contributed by atoms with Crippen LogP contribution in [0.5, 0.6) is 11.5 Å². The van der Waals surface area contributed by atoms with E-state index in [0.717, 1.165) is 16.7 Å². The Bertz CT molecular complexity index is 1340. The third-order valence-electron chi connectivity index (χ3n) is 6.30. The highest BCUT2D eigenvalue weighted by Crippen LogP contribution is 2.44. The zero-order valence-corrected chi connectivity index (χ0v) is 23.8. The molecule has 0 saturated heterocycles. The van der Waals surface area contributed by atoms with Gasteiger partial charge >= 0.3 is 5.97 Å². The van der Waals surface area contributed by atoms with E-state index in [-0.39, 0.29) is 57.1 Å². The molecule has 0 aliphatic rings. The van der Waals surface area contributed by atoms with Crippen molar-refractivity contribution in [3.63, 3.8) is 0 Å². The third kappa shape index (κ3) is 8.78. The van der Waals surface area contributed by atoms with Gasteiger partial charge in [0.05, 0.1) is 13.7 Å². The summed E-state index contributed by atoms with van der Waals surface area (Å²) in [5.41, 5.74) is 3.98. The molecular weight excluding hydrogens is 534 g/mol. The van der Waals surface area contributed by atoms with Crippen molar-refractivity contribution in [2.24, 2.45) is 0 Å². The van der Waals surface area contributed by atoms with Gasteiger partial charge < -0.3 is 29.0 Å². The number of esters is 1. The first-order chi connectivity index (χ1) is 19.2. The lowest BCUT2D eigenvalue weighted by molar-refractivity contribution is -0.139. The lowest BCUT2D eigenvalue weighted by Gasteiger charge is -2.18. The Morgan fingerprint density at radius 1 is 0.825 bits per heavy atom. The van der Waals surface area contributed by atoms with Crippen molar-refractivity contribution in [2.75, 3.05) is 51.5 Å². The van der Waals surface area contributed by atoms with Gasteiger partial charge in [-0.3, -0.25) is 0 Å². The van der Waals surface area contributed by atoms with Crippen molar-refractivity contribution in [1.82, 2.24) is 0 Å². The van der Waals surface area contributed by atoms with Gasteiger partial charge in [-0.25, -0.2) is 9.18 Å². The number of rotatable bonds is 15. The molecule has 40 heavy (non-hydrogen) atoms. The molecule has 0 fully saturated rings. The van der Waals surface area contributed by atoms with Crippen LogP contribution in [0.2, 0.25) is 0 Å². The van der Waals surface area contributed by atoms with E-state index in [4.69, 9.17) is 14.2 Å². The van der Waals surface area contributed by atoms with Crippen molar-refractivity contribution in [3.05, 3.63) is 84.2 Å². The molecular formula is C31H36FO7P. The van der Waals surface area contributed by atoms with Gasteiger partial charge in [0.25, 0.3) is 0 Å². The molecule has 0 amide bonds. The molecule has 0 saturated carbocycles. The zero-order chi connectivity index (χ0) is 29.1. The number of halogens is 1. The minimum atomic E-state index is -2.80. The quantitative estimate of drug-likeness (QED) is 0.105. The summed E-state index contributed by atoms with van der Waals surface area (Å²) in [7, 11) is -2.80. The highest BCUT2D eigenvalue weighted by atomic mass is 31.2. The number of aliphatic hydroxyl groups is 2. The van der Waals surface area contributed by atoms with Crippen LogP contribution in [0.3, 0.4) is 0 Å². The fraction of sp³-hybridized carbons (Fsp3) is 0.323. The fourth-order valence-corrected chi connectivity index (χ4v) is 5.84.